The van der Waals surface area contributed by atoms with Gasteiger partial charge in [-0.15, -0.1) is 0 Å². The zero-order chi connectivity index (χ0) is 50.6. The van der Waals surface area contributed by atoms with Crippen LogP contribution in [0, 0.1) is 0 Å². The van der Waals surface area contributed by atoms with Gasteiger partial charge in [0, 0.05) is 77.2 Å². The van der Waals surface area contributed by atoms with Crippen LogP contribution in [0.1, 0.15) is 38.5 Å². The Balaban J connectivity index is 0.769. The number of hydrogen-bond acceptors (Lipinski definition) is 10. The highest BCUT2D eigenvalue weighted by Crippen LogP contribution is 2.41. The maximum atomic E-state index is 6.55. The molecule has 0 aliphatic carbocycles. The summed E-state index contributed by atoms with van der Waals surface area (Å²) in [6, 6.07) is 61.8. The van der Waals surface area contributed by atoms with Crippen LogP contribution in [0.25, 0.3) is 43.1 Å². The number of benzene rings is 10. The highest BCUT2D eigenvalue weighted by atomic mass is 16.5. The van der Waals surface area contributed by atoms with E-state index in [2.05, 4.69) is 130 Å². The maximum absolute atomic E-state index is 6.55. The molecule has 0 radical (unpaired) electrons. The van der Waals surface area contributed by atoms with Crippen LogP contribution in [0.5, 0.6) is 34.5 Å². The molecule has 0 aliphatic heterocycles. The van der Waals surface area contributed by atoms with Gasteiger partial charge in [0.05, 0.1) is 53.0 Å². The summed E-state index contributed by atoms with van der Waals surface area (Å²) >= 11 is 0. The Morgan fingerprint density at radius 1 is 0.257 bits per heavy atom. The molecule has 0 saturated carbocycles. The first-order valence-electron chi connectivity index (χ1n) is 25.4. The molecule has 10 rings (SSSR count). The van der Waals surface area contributed by atoms with Crippen molar-refractivity contribution in [3.8, 4) is 34.5 Å². The van der Waals surface area contributed by atoms with Gasteiger partial charge < -0.3 is 49.7 Å². The predicted molar refractivity (Wildman–Crippen MR) is 307 cm³/mol. The van der Waals surface area contributed by atoms with Gasteiger partial charge in [-0.3, -0.25) is 0 Å². The number of rotatable bonds is 23. The largest absolute Gasteiger partial charge is 0.496 e. The summed E-state index contributed by atoms with van der Waals surface area (Å²) in [6.45, 7) is 1.21. The van der Waals surface area contributed by atoms with Crippen molar-refractivity contribution in [3.63, 3.8) is 0 Å². The summed E-state index contributed by atoms with van der Waals surface area (Å²) in [5.74, 6) is 4.92. The van der Waals surface area contributed by atoms with Crippen molar-refractivity contribution >= 4 is 88.6 Å². The highest BCUT2D eigenvalue weighted by Gasteiger charge is 2.15. The normalized spacial score (nSPS) is 11.1. The topological polar surface area (TPSA) is 104 Å². The molecule has 0 aliphatic rings. The average molecular weight is 983 g/mol. The van der Waals surface area contributed by atoms with Gasteiger partial charge in [-0.1, -0.05) is 123 Å². The quantitative estimate of drug-likeness (QED) is 0.0463. The van der Waals surface area contributed by atoms with Gasteiger partial charge in [-0.25, -0.2) is 0 Å². The fourth-order valence-electron chi connectivity index (χ4n) is 9.77. The minimum absolute atomic E-state index is 0.607. The molecule has 0 saturated heterocycles. The van der Waals surface area contributed by atoms with Crippen molar-refractivity contribution in [1.82, 2.24) is 0 Å². The summed E-state index contributed by atoms with van der Waals surface area (Å²) in [4.78, 5) is 0. The Bertz CT molecular complexity index is 3330. The van der Waals surface area contributed by atoms with E-state index < -0.39 is 0 Å². The lowest BCUT2D eigenvalue weighted by Crippen LogP contribution is -2.03. The molecule has 0 spiro atoms. The molecule has 10 heteroatoms. The second kappa shape index (κ2) is 23.2. The summed E-state index contributed by atoms with van der Waals surface area (Å²) in [5, 5.41) is 23.2. The molecule has 374 valence electrons. The summed E-state index contributed by atoms with van der Waals surface area (Å²) in [7, 11) is 6.83. The predicted octanol–water partition coefficient (Wildman–Crippen LogP) is 17.1. The Kier molecular flexibility index (Phi) is 15.3. The lowest BCUT2D eigenvalue weighted by molar-refractivity contribution is 0.298. The van der Waals surface area contributed by atoms with Crippen LogP contribution in [0.4, 0.5) is 45.5 Å². The fraction of sp³-hybridized carbons (Fsp3) is 0.188. The van der Waals surface area contributed by atoms with E-state index in [9.17, 15) is 0 Å². The first kappa shape index (κ1) is 48.8. The summed E-state index contributed by atoms with van der Waals surface area (Å²) in [6.07, 6.45) is 6.25. The number of unbranched alkanes of at least 4 members (excludes halogenated alkanes) is 5. The van der Waals surface area contributed by atoms with Gasteiger partial charge in [-0.05, 0) is 97.8 Å². The molecule has 4 N–H and O–H groups in total. The average Bonchev–Trinajstić information content (AvgIpc) is 3.45. The van der Waals surface area contributed by atoms with Crippen molar-refractivity contribution in [1.29, 1.82) is 0 Å². The fourth-order valence-corrected chi connectivity index (χ4v) is 9.77. The van der Waals surface area contributed by atoms with Gasteiger partial charge in [0.15, 0.2) is 0 Å². The first-order valence-corrected chi connectivity index (χ1v) is 25.4. The molecule has 10 aromatic carbocycles. The molecular weight excluding hydrogens is 921 g/mol. The standard InChI is InChI=1S/C64H62N4O6/c1-69-59-35-29-53(45-19-9-13-23-49(45)59)65-43-27-33-63(57(41-43)67-55-31-37-61(71-3)51-25-15-11-21-47(51)55)73-39-17-7-5-6-8-18-40-74-64-34-28-44(66-54-30-36-60(70-2)50-24-14-10-20-46(50)54)42-58(64)68-56-32-38-62(72-4)52-26-16-12-22-48(52)56/h9-16,19-38,41-42,65-68H,5-8,17-18,39-40H2,1-4H3. The van der Waals surface area contributed by atoms with Crippen LogP contribution >= 0.6 is 0 Å². The third kappa shape index (κ3) is 10.9. The Hall–Kier alpha value is -8.76. The number of hydrogen-bond donors (Lipinski definition) is 4. The SMILES string of the molecule is COc1ccc(Nc2ccc(OCCCCCCCCOc3ccc(Nc4ccc(OC)c5ccccc45)cc3Nc3ccc(OC)c4ccccc34)c(Nc3ccc(OC)c4ccccc34)c2)c2ccccc12. The van der Waals surface area contributed by atoms with Gasteiger partial charge in [-0.2, -0.15) is 0 Å². The summed E-state index contributed by atoms with van der Waals surface area (Å²) < 4.78 is 35.9. The van der Waals surface area contributed by atoms with Crippen LogP contribution in [-0.2, 0) is 0 Å². The van der Waals surface area contributed by atoms with Crippen LogP contribution < -0.4 is 49.7 Å². The van der Waals surface area contributed by atoms with Crippen LogP contribution in [-0.4, -0.2) is 41.7 Å². The van der Waals surface area contributed by atoms with Crippen LogP contribution in [0.2, 0.25) is 0 Å². The molecule has 10 aromatic rings. The number of anilines is 8. The minimum atomic E-state index is 0.607. The van der Waals surface area contributed by atoms with E-state index in [1.807, 2.05) is 72.8 Å². The van der Waals surface area contributed by atoms with Crippen molar-refractivity contribution in [3.05, 3.63) is 182 Å². The zero-order valence-electron chi connectivity index (χ0n) is 42.4. The lowest BCUT2D eigenvalue weighted by atomic mass is 10.1. The number of ether oxygens (including phenoxy) is 6. The molecule has 0 atom stereocenters. The number of fused-ring (bicyclic) bond motifs is 4. The van der Waals surface area contributed by atoms with Gasteiger partial charge in [0.25, 0.3) is 0 Å². The Morgan fingerprint density at radius 2 is 0.527 bits per heavy atom. The molecule has 0 fully saturated rings. The van der Waals surface area contributed by atoms with Gasteiger partial charge in [0.1, 0.15) is 34.5 Å². The first-order chi connectivity index (χ1) is 36.5. The number of nitrogens with one attached hydrogen (secondary N) is 4. The Morgan fingerprint density at radius 3 is 0.838 bits per heavy atom. The smallest absolute Gasteiger partial charge is 0.142 e. The molecule has 0 heterocycles. The van der Waals surface area contributed by atoms with Crippen molar-refractivity contribution in [2.45, 2.75) is 38.5 Å². The Labute approximate surface area is 433 Å². The molecule has 0 unspecified atom stereocenters. The molecular formula is C64H62N4O6. The van der Waals surface area contributed by atoms with E-state index in [0.717, 1.165) is 162 Å². The minimum Gasteiger partial charge on any atom is -0.496 e. The van der Waals surface area contributed by atoms with E-state index in [-0.39, 0.29) is 0 Å². The maximum Gasteiger partial charge on any atom is 0.142 e. The third-order valence-electron chi connectivity index (χ3n) is 13.5. The third-order valence-corrected chi connectivity index (χ3v) is 13.5. The molecule has 0 bridgehead atoms. The summed E-state index contributed by atoms with van der Waals surface area (Å²) in [5.41, 5.74) is 7.52. The highest BCUT2D eigenvalue weighted by molar-refractivity contribution is 6.03. The van der Waals surface area contributed by atoms with E-state index in [4.69, 9.17) is 28.4 Å². The van der Waals surface area contributed by atoms with E-state index in [0.29, 0.717) is 13.2 Å². The van der Waals surface area contributed by atoms with E-state index in [1.165, 1.54) is 0 Å². The molecule has 10 nitrogen and oxygen atoms in total. The van der Waals surface area contributed by atoms with Gasteiger partial charge in [0.2, 0.25) is 0 Å². The molecule has 0 amide bonds. The van der Waals surface area contributed by atoms with E-state index >= 15 is 0 Å². The second-order valence-electron chi connectivity index (χ2n) is 18.2. The van der Waals surface area contributed by atoms with Crippen molar-refractivity contribution in [2.75, 3.05) is 62.9 Å². The zero-order valence-corrected chi connectivity index (χ0v) is 42.4. The lowest BCUT2D eigenvalue weighted by Gasteiger charge is -2.18. The number of methoxy groups -OCH3 is 4. The van der Waals surface area contributed by atoms with E-state index in [1.54, 1.807) is 28.4 Å². The van der Waals surface area contributed by atoms with Crippen LogP contribution in [0.15, 0.2) is 182 Å². The molecule has 0 aromatic heterocycles. The van der Waals surface area contributed by atoms with Crippen molar-refractivity contribution < 1.29 is 28.4 Å². The van der Waals surface area contributed by atoms with Crippen LogP contribution in [0.3, 0.4) is 0 Å². The molecule has 74 heavy (non-hydrogen) atoms. The van der Waals surface area contributed by atoms with Crippen molar-refractivity contribution in [2.24, 2.45) is 0 Å². The monoisotopic (exact) mass is 982 g/mol. The van der Waals surface area contributed by atoms with Gasteiger partial charge >= 0.3 is 0 Å². The second-order valence-corrected chi connectivity index (χ2v) is 18.2.